The van der Waals surface area contributed by atoms with Gasteiger partial charge in [0.1, 0.15) is 16.7 Å². The second-order valence-electron chi connectivity index (χ2n) is 3.78. The van der Waals surface area contributed by atoms with Gasteiger partial charge in [-0.05, 0) is 36.8 Å². The number of rotatable bonds is 2. The van der Waals surface area contributed by atoms with E-state index in [0.717, 1.165) is 0 Å². The Morgan fingerprint density at radius 2 is 2.06 bits per heavy atom. The molecule has 0 spiro atoms. The van der Waals surface area contributed by atoms with Crippen molar-refractivity contribution in [2.24, 2.45) is 0 Å². The van der Waals surface area contributed by atoms with E-state index in [1.807, 2.05) is 0 Å². The Morgan fingerprint density at radius 3 is 2.67 bits per heavy atom. The van der Waals surface area contributed by atoms with E-state index >= 15 is 0 Å². The Hall–Kier alpha value is -2.01. The van der Waals surface area contributed by atoms with E-state index in [0.29, 0.717) is 11.1 Å². The molecule has 0 N–H and O–H groups in total. The van der Waals surface area contributed by atoms with Crippen molar-refractivity contribution < 1.29 is 9.31 Å². The van der Waals surface area contributed by atoms with Crippen LogP contribution in [0.3, 0.4) is 0 Å². The highest BCUT2D eigenvalue weighted by Gasteiger charge is 2.18. The van der Waals surface area contributed by atoms with Gasteiger partial charge >= 0.3 is 0 Å². The van der Waals surface area contributed by atoms with Crippen molar-refractivity contribution in [3.63, 3.8) is 0 Å². The molecule has 0 saturated carbocycles. The van der Waals surface area contributed by atoms with Crippen molar-refractivity contribution in [1.29, 1.82) is 0 Å². The number of aryl methyl sites for hydroxylation is 1. The van der Waals surface area contributed by atoms with Crippen molar-refractivity contribution in [2.75, 3.05) is 0 Å². The Labute approximate surface area is 107 Å². The van der Waals surface area contributed by atoms with E-state index in [9.17, 15) is 14.5 Å². The number of hydrogen-bond acceptors (Lipinski definition) is 3. The fourth-order valence-corrected chi connectivity index (χ4v) is 1.81. The summed E-state index contributed by atoms with van der Waals surface area (Å²) in [6.07, 6.45) is 0. The quantitative estimate of drug-likeness (QED) is 0.472. The first-order chi connectivity index (χ1) is 8.47. The highest BCUT2D eigenvalue weighted by atomic mass is 35.5. The number of halogens is 2. The van der Waals surface area contributed by atoms with Crippen LogP contribution in [0.5, 0.6) is 0 Å². The molecule has 0 aliphatic carbocycles. The summed E-state index contributed by atoms with van der Waals surface area (Å²) in [6, 6.07) is 6.73. The first-order valence-corrected chi connectivity index (χ1v) is 5.43. The number of hydrogen-bond donors (Lipinski definition) is 0. The molecule has 0 unspecified atom stereocenters. The third kappa shape index (κ3) is 2.46. The maximum Gasteiger partial charge on any atom is 0.295 e. The number of benzene rings is 1. The van der Waals surface area contributed by atoms with Crippen LogP contribution in [-0.2, 0) is 0 Å². The third-order valence-electron chi connectivity index (χ3n) is 2.35. The maximum absolute atomic E-state index is 13.3. The fraction of sp³-hybridized carbons (Fsp3) is 0.0833. The van der Waals surface area contributed by atoms with E-state index in [2.05, 4.69) is 4.98 Å². The summed E-state index contributed by atoms with van der Waals surface area (Å²) in [5.41, 5.74) is 0.849. The van der Waals surface area contributed by atoms with Crippen molar-refractivity contribution in [1.82, 2.24) is 4.98 Å². The number of pyridine rings is 1. The smallest absolute Gasteiger partial charge is 0.258 e. The summed E-state index contributed by atoms with van der Waals surface area (Å²) in [6.45, 7) is 1.70. The molecular formula is C12H8ClFN2O2. The predicted molar refractivity (Wildman–Crippen MR) is 66.0 cm³/mol. The van der Waals surface area contributed by atoms with Gasteiger partial charge in [0.2, 0.25) is 0 Å². The van der Waals surface area contributed by atoms with Gasteiger partial charge in [-0.1, -0.05) is 11.6 Å². The Balaban J connectivity index is 2.68. The minimum Gasteiger partial charge on any atom is -0.258 e. The minimum atomic E-state index is -0.571. The molecule has 1 aromatic carbocycles. The molecule has 2 rings (SSSR count). The predicted octanol–water partition coefficient (Wildman–Crippen LogP) is 3.76. The average Bonchev–Trinajstić information content (AvgIpc) is 2.27. The molecule has 0 aliphatic heterocycles. The Morgan fingerprint density at radius 1 is 1.33 bits per heavy atom. The zero-order chi connectivity index (χ0) is 13.3. The molecule has 0 amide bonds. The molecule has 0 bridgehead atoms. The number of nitro groups is 1. The Kier molecular flexibility index (Phi) is 3.25. The number of aromatic nitrogens is 1. The molecule has 92 valence electrons. The molecule has 1 heterocycles. The van der Waals surface area contributed by atoms with Gasteiger partial charge in [-0.25, -0.2) is 9.37 Å². The van der Waals surface area contributed by atoms with E-state index in [1.54, 1.807) is 13.0 Å². The fourth-order valence-electron chi connectivity index (χ4n) is 1.66. The van der Waals surface area contributed by atoms with E-state index < -0.39 is 10.7 Å². The van der Waals surface area contributed by atoms with Crippen LogP contribution in [0.25, 0.3) is 11.3 Å². The summed E-state index contributed by atoms with van der Waals surface area (Å²) >= 11 is 5.72. The molecule has 18 heavy (non-hydrogen) atoms. The normalized spacial score (nSPS) is 10.4. The van der Waals surface area contributed by atoms with Gasteiger partial charge in [0.05, 0.1) is 4.92 Å². The van der Waals surface area contributed by atoms with Crippen LogP contribution in [0.15, 0.2) is 30.3 Å². The van der Waals surface area contributed by atoms with Crippen LogP contribution in [0.2, 0.25) is 5.15 Å². The molecule has 0 atom stereocenters. The van der Waals surface area contributed by atoms with E-state index in [1.165, 1.54) is 24.3 Å². The molecule has 0 radical (unpaired) electrons. The first kappa shape index (κ1) is 12.4. The molecule has 0 saturated heterocycles. The molecule has 2 aromatic rings. The SMILES string of the molecule is Cc1cc(F)cc(-c2nc(Cl)ccc2[N+](=O)[O-])c1. The molecule has 6 heteroatoms. The molecule has 0 aliphatic rings. The van der Waals surface area contributed by atoms with Crippen LogP contribution in [0, 0.1) is 22.9 Å². The molecular weight excluding hydrogens is 259 g/mol. The van der Waals surface area contributed by atoms with E-state index in [-0.39, 0.29) is 16.5 Å². The molecule has 0 fully saturated rings. The lowest BCUT2D eigenvalue weighted by Crippen LogP contribution is -1.95. The van der Waals surface area contributed by atoms with Gasteiger partial charge in [-0.15, -0.1) is 0 Å². The van der Waals surface area contributed by atoms with Gasteiger partial charge in [-0.2, -0.15) is 0 Å². The Bertz CT molecular complexity index is 611. The zero-order valence-electron chi connectivity index (χ0n) is 9.35. The number of nitrogens with zero attached hydrogens (tertiary/aromatic N) is 2. The largest absolute Gasteiger partial charge is 0.295 e. The van der Waals surface area contributed by atoms with Crippen LogP contribution in [0.4, 0.5) is 10.1 Å². The van der Waals surface area contributed by atoms with Crippen molar-refractivity contribution in [2.45, 2.75) is 6.92 Å². The van der Waals surface area contributed by atoms with Gasteiger partial charge < -0.3 is 0 Å². The van der Waals surface area contributed by atoms with Crippen molar-refractivity contribution in [3.8, 4) is 11.3 Å². The van der Waals surface area contributed by atoms with Gasteiger partial charge in [-0.3, -0.25) is 10.1 Å². The highest BCUT2D eigenvalue weighted by molar-refractivity contribution is 6.29. The van der Waals surface area contributed by atoms with Gasteiger partial charge in [0.25, 0.3) is 5.69 Å². The summed E-state index contributed by atoms with van der Waals surface area (Å²) in [4.78, 5) is 14.2. The maximum atomic E-state index is 13.3. The van der Waals surface area contributed by atoms with E-state index in [4.69, 9.17) is 11.6 Å². The monoisotopic (exact) mass is 266 g/mol. The summed E-state index contributed by atoms with van der Waals surface area (Å²) in [5, 5.41) is 11.0. The highest BCUT2D eigenvalue weighted by Crippen LogP contribution is 2.30. The summed E-state index contributed by atoms with van der Waals surface area (Å²) in [5.74, 6) is -0.471. The van der Waals surface area contributed by atoms with Crippen LogP contribution in [0.1, 0.15) is 5.56 Å². The third-order valence-corrected chi connectivity index (χ3v) is 2.56. The summed E-state index contributed by atoms with van der Waals surface area (Å²) in [7, 11) is 0. The van der Waals surface area contributed by atoms with Crippen molar-refractivity contribution >= 4 is 17.3 Å². The minimum absolute atomic E-state index is 0.0649. The lowest BCUT2D eigenvalue weighted by atomic mass is 10.1. The van der Waals surface area contributed by atoms with Gasteiger partial charge in [0, 0.05) is 11.6 Å². The first-order valence-electron chi connectivity index (χ1n) is 5.06. The topological polar surface area (TPSA) is 56.0 Å². The van der Waals surface area contributed by atoms with Crippen LogP contribution in [-0.4, -0.2) is 9.91 Å². The lowest BCUT2D eigenvalue weighted by molar-refractivity contribution is -0.384. The van der Waals surface area contributed by atoms with Gasteiger partial charge in [0.15, 0.2) is 0 Å². The summed E-state index contributed by atoms with van der Waals surface area (Å²) < 4.78 is 13.3. The van der Waals surface area contributed by atoms with Crippen LogP contribution < -0.4 is 0 Å². The van der Waals surface area contributed by atoms with Crippen LogP contribution >= 0.6 is 11.6 Å². The second-order valence-corrected chi connectivity index (χ2v) is 4.16. The zero-order valence-corrected chi connectivity index (χ0v) is 10.1. The molecule has 4 nitrogen and oxygen atoms in total. The lowest BCUT2D eigenvalue weighted by Gasteiger charge is -2.04. The molecule has 1 aromatic heterocycles. The van der Waals surface area contributed by atoms with Crippen molar-refractivity contribution in [3.05, 3.63) is 57.0 Å². The average molecular weight is 267 g/mol. The standard InChI is InChI=1S/C12H8ClFN2O2/c1-7-4-8(6-9(14)5-7)12-10(16(17)18)2-3-11(13)15-12/h2-6H,1H3. The second kappa shape index (κ2) is 4.70.